The van der Waals surface area contributed by atoms with Gasteiger partial charge in [-0.05, 0) is 49.4 Å². The van der Waals surface area contributed by atoms with Gasteiger partial charge in [0.1, 0.15) is 6.07 Å². The van der Waals surface area contributed by atoms with Gasteiger partial charge in [-0.2, -0.15) is 5.26 Å². The van der Waals surface area contributed by atoms with Gasteiger partial charge in [-0.3, -0.25) is 0 Å². The van der Waals surface area contributed by atoms with Crippen LogP contribution >= 0.6 is 15.9 Å². The monoisotopic (exact) mass is 358 g/mol. The summed E-state index contributed by atoms with van der Waals surface area (Å²) in [6, 6.07) is 14.8. The predicted octanol–water partition coefficient (Wildman–Crippen LogP) is 4.27. The zero-order valence-corrected chi connectivity index (χ0v) is 13.9. The number of nitriles is 1. The van der Waals surface area contributed by atoms with E-state index in [2.05, 4.69) is 22.0 Å². The number of rotatable bonds is 4. The molecule has 0 fully saturated rings. The molecule has 2 aromatic rings. The van der Waals surface area contributed by atoms with Crippen LogP contribution in [0.25, 0.3) is 0 Å². The molecular weight excluding hydrogens is 344 g/mol. The number of hydrogen-bond acceptors (Lipinski definition) is 4. The number of ether oxygens (including phenoxy) is 1. The summed E-state index contributed by atoms with van der Waals surface area (Å²) in [6.07, 6.45) is 0. The summed E-state index contributed by atoms with van der Waals surface area (Å²) in [5.74, 6) is -0.335. The molecule has 0 bridgehead atoms. The van der Waals surface area contributed by atoms with Gasteiger partial charge in [0.2, 0.25) is 0 Å². The third-order valence-electron chi connectivity index (χ3n) is 3.21. The first-order chi connectivity index (χ1) is 10.6. The average Bonchev–Trinajstić information content (AvgIpc) is 2.54. The smallest absolute Gasteiger partial charge is 0.338 e. The number of benzene rings is 2. The lowest BCUT2D eigenvalue weighted by Gasteiger charge is -2.21. The van der Waals surface area contributed by atoms with E-state index in [1.165, 1.54) is 0 Å². The van der Waals surface area contributed by atoms with Crippen molar-refractivity contribution in [1.82, 2.24) is 0 Å². The van der Waals surface area contributed by atoms with E-state index in [9.17, 15) is 10.1 Å². The summed E-state index contributed by atoms with van der Waals surface area (Å²) in [6.45, 7) is 2.13. The minimum Gasteiger partial charge on any atom is -0.462 e. The molecule has 0 unspecified atom stereocenters. The SMILES string of the molecule is CCOC(=O)c1ccc(N(C)c2ccc(Br)cc2C#N)cc1. The molecule has 0 aromatic heterocycles. The van der Waals surface area contributed by atoms with Crippen molar-refractivity contribution in [1.29, 1.82) is 5.26 Å². The van der Waals surface area contributed by atoms with Crippen LogP contribution in [0.4, 0.5) is 11.4 Å². The lowest BCUT2D eigenvalue weighted by molar-refractivity contribution is 0.0526. The molecule has 0 heterocycles. The number of carbonyl (C=O) groups excluding carboxylic acids is 1. The van der Waals surface area contributed by atoms with Gasteiger partial charge in [0.15, 0.2) is 0 Å². The van der Waals surface area contributed by atoms with Crippen molar-refractivity contribution < 1.29 is 9.53 Å². The Hall–Kier alpha value is -2.32. The van der Waals surface area contributed by atoms with Gasteiger partial charge in [0, 0.05) is 17.2 Å². The second-order valence-electron chi connectivity index (χ2n) is 4.60. The van der Waals surface area contributed by atoms with Crippen molar-refractivity contribution >= 4 is 33.3 Å². The first-order valence-corrected chi connectivity index (χ1v) is 7.56. The maximum atomic E-state index is 11.6. The number of nitrogens with zero attached hydrogens (tertiary/aromatic N) is 2. The van der Waals surface area contributed by atoms with E-state index in [1.54, 1.807) is 25.1 Å². The maximum Gasteiger partial charge on any atom is 0.338 e. The molecule has 2 rings (SSSR count). The highest BCUT2D eigenvalue weighted by Crippen LogP contribution is 2.29. The van der Waals surface area contributed by atoms with E-state index >= 15 is 0 Å². The number of carbonyl (C=O) groups is 1. The lowest BCUT2D eigenvalue weighted by Crippen LogP contribution is -2.11. The Morgan fingerprint density at radius 1 is 1.27 bits per heavy atom. The molecule has 112 valence electrons. The van der Waals surface area contributed by atoms with E-state index < -0.39 is 0 Å². The molecule has 0 saturated heterocycles. The Kier molecular flexibility index (Phi) is 5.18. The molecule has 0 spiro atoms. The third-order valence-corrected chi connectivity index (χ3v) is 3.70. The van der Waals surface area contributed by atoms with E-state index in [0.717, 1.165) is 15.8 Å². The third kappa shape index (κ3) is 3.46. The normalized spacial score (nSPS) is 9.91. The van der Waals surface area contributed by atoms with Crippen LogP contribution in [0.15, 0.2) is 46.9 Å². The number of anilines is 2. The Morgan fingerprint density at radius 3 is 2.55 bits per heavy atom. The van der Waals surface area contributed by atoms with Crippen LogP contribution in [-0.2, 0) is 4.74 Å². The van der Waals surface area contributed by atoms with E-state index in [1.807, 2.05) is 36.2 Å². The predicted molar refractivity (Wildman–Crippen MR) is 89.3 cm³/mol. The zero-order valence-electron chi connectivity index (χ0n) is 12.3. The molecule has 0 amide bonds. The molecule has 4 nitrogen and oxygen atoms in total. The Bertz CT molecular complexity index is 720. The van der Waals surface area contributed by atoms with Crippen LogP contribution in [-0.4, -0.2) is 19.6 Å². The number of esters is 1. The molecule has 0 aliphatic carbocycles. The van der Waals surface area contributed by atoms with Crippen molar-refractivity contribution in [2.24, 2.45) is 0 Å². The summed E-state index contributed by atoms with van der Waals surface area (Å²) < 4.78 is 5.82. The van der Waals surface area contributed by atoms with Crippen molar-refractivity contribution in [3.05, 3.63) is 58.1 Å². The number of halogens is 1. The van der Waals surface area contributed by atoms with Gasteiger partial charge in [-0.15, -0.1) is 0 Å². The molecule has 2 aromatic carbocycles. The first kappa shape index (κ1) is 16.1. The van der Waals surface area contributed by atoms with Crippen LogP contribution in [0.1, 0.15) is 22.8 Å². The fraction of sp³-hybridized carbons (Fsp3) is 0.176. The largest absolute Gasteiger partial charge is 0.462 e. The highest BCUT2D eigenvalue weighted by Gasteiger charge is 2.11. The van der Waals surface area contributed by atoms with Gasteiger partial charge < -0.3 is 9.64 Å². The molecule has 0 N–H and O–H groups in total. The zero-order chi connectivity index (χ0) is 16.1. The molecular formula is C17H15BrN2O2. The molecule has 0 saturated carbocycles. The minimum absolute atomic E-state index is 0.335. The summed E-state index contributed by atoms with van der Waals surface area (Å²) in [7, 11) is 1.88. The van der Waals surface area contributed by atoms with Gasteiger partial charge in [0.25, 0.3) is 0 Å². The highest BCUT2D eigenvalue weighted by atomic mass is 79.9. The van der Waals surface area contributed by atoms with Crippen LogP contribution in [0, 0.1) is 11.3 Å². The van der Waals surface area contributed by atoms with Gasteiger partial charge in [0.05, 0.1) is 23.4 Å². The van der Waals surface area contributed by atoms with Crippen LogP contribution in [0.3, 0.4) is 0 Å². The summed E-state index contributed by atoms with van der Waals surface area (Å²) >= 11 is 3.36. The average molecular weight is 359 g/mol. The number of hydrogen-bond donors (Lipinski definition) is 0. The summed E-state index contributed by atoms with van der Waals surface area (Å²) in [4.78, 5) is 13.6. The van der Waals surface area contributed by atoms with Gasteiger partial charge in [-0.25, -0.2) is 4.79 Å². The fourth-order valence-corrected chi connectivity index (χ4v) is 2.43. The molecule has 0 radical (unpaired) electrons. The van der Waals surface area contributed by atoms with Crippen molar-refractivity contribution in [2.75, 3.05) is 18.6 Å². The molecule has 0 aliphatic rings. The van der Waals surface area contributed by atoms with Gasteiger partial charge >= 0.3 is 5.97 Å². The van der Waals surface area contributed by atoms with Gasteiger partial charge in [-0.1, -0.05) is 15.9 Å². The standard InChI is InChI=1S/C17H15BrN2O2/c1-3-22-17(21)12-4-7-15(8-5-12)20(2)16-9-6-14(18)10-13(16)11-19/h4-10H,3H2,1-2H3. The summed E-state index contributed by atoms with van der Waals surface area (Å²) in [5, 5.41) is 9.26. The molecule has 22 heavy (non-hydrogen) atoms. The van der Waals surface area contributed by atoms with Crippen LogP contribution in [0.5, 0.6) is 0 Å². The quantitative estimate of drug-likeness (QED) is 0.766. The Balaban J connectivity index is 2.29. The van der Waals surface area contributed by atoms with E-state index in [0.29, 0.717) is 17.7 Å². The van der Waals surface area contributed by atoms with Crippen molar-refractivity contribution in [2.45, 2.75) is 6.92 Å². The Labute approximate surface area is 138 Å². The lowest BCUT2D eigenvalue weighted by atomic mass is 10.1. The second kappa shape index (κ2) is 7.10. The minimum atomic E-state index is -0.335. The summed E-state index contributed by atoms with van der Waals surface area (Å²) in [5.41, 5.74) is 2.77. The fourth-order valence-electron chi connectivity index (χ4n) is 2.06. The molecule has 0 atom stereocenters. The van der Waals surface area contributed by atoms with Crippen LogP contribution < -0.4 is 4.90 Å². The Morgan fingerprint density at radius 2 is 1.95 bits per heavy atom. The molecule has 0 aliphatic heterocycles. The topological polar surface area (TPSA) is 53.3 Å². The first-order valence-electron chi connectivity index (χ1n) is 6.77. The van der Waals surface area contributed by atoms with Crippen molar-refractivity contribution in [3.63, 3.8) is 0 Å². The van der Waals surface area contributed by atoms with Crippen molar-refractivity contribution in [3.8, 4) is 6.07 Å². The van der Waals surface area contributed by atoms with Crippen LogP contribution in [0.2, 0.25) is 0 Å². The molecule has 5 heteroatoms. The highest BCUT2D eigenvalue weighted by molar-refractivity contribution is 9.10. The van der Waals surface area contributed by atoms with E-state index in [-0.39, 0.29) is 5.97 Å². The van der Waals surface area contributed by atoms with E-state index in [4.69, 9.17) is 4.74 Å². The maximum absolute atomic E-state index is 11.6. The second-order valence-corrected chi connectivity index (χ2v) is 5.52.